The maximum atomic E-state index is 10.2. The van der Waals surface area contributed by atoms with Crippen LogP contribution in [0, 0.1) is 17.2 Å². The summed E-state index contributed by atoms with van der Waals surface area (Å²) in [5.74, 6) is 0.305. The largest absolute Gasteiger partial charge is 0.393 e. The highest BCUT2D eigenvalue weighted by molar-refractivity contribution is 5.37. The third-order valence-corrected chi connectivity index (χ3v) is 4.82. The minimum absolute atomic E-state index is 0.203. The van der Waals surface area contributed by atoms with E-state index in [1.54, 1.807) is 0 Å². The number of nitriles is 1. The second kappa shape index (κ2) is 6.57. The Kier molecular flexibility index (Phi) is 4.54. The summed E-state index contributed by atoms with van der Waals surface area (Å²) in [4.78, 5) is 2.39. The molecule has 2 fully saturated rings. The van der Waals surface area contributed by atoms with E-state index >= 15 is 0 Å². The van der Waals surface area contributed by atoms with E-state index in [0.29, 0.717) is 12.5 Å². The topological polar surface area (TPSA) is 56.5 Å². The molecule has 1 saturated heterocycles. The van der Waals surface area contributed by atoms with Gasteiger partial charge in [0.15, 0.2) is 0 Å². The predicted octanol–water partition coefficient (Wildman–Crippen LogP) is 1.92. The highest BCUT2D eigenvalue weighted by Crippen LogP contribution is 2.33. The molecule has 4 heteroatoms. The Morgan fingerprint density at radius 2 is 2.19 bits per heavy atom. The van der Waals surface area contributed by atoms with Crippen molar-refractivity contribution in [1.82, 2.24) is 4.90 Å². The summed E-state index contributed by atoms with van der Waals surface area (Å²) >= 11 is 0. The number of ether oxygens (including phenoxy) is 1. The Morgan fingerprint density at radius 1 is 1.33 bits per heavy atom. The van der Waals surface area contributed by atoms with Crippen LogP contribution in [0.3, 0.4) is 0 Å². The molecule has 0 amide bonds. The Labute approximate surface area is 125 Å². The molecule has 0 radical (unpaired) electrons. The Hall–Kier alpha value is -1.41. The lowest BCUT2D eigenvalue weighted by Gasteiger charge is -2.40. The molecule has 1 aromatic rings. The highest BCUT2D eigenvalue weighted by Gasteiger charge is 2.37. The van der Waals surface area contributed by atoms with Crippen LogP contribution in [0.5, 0.6) is 0 Å². The highest BCUT2D eigenvalue weighted by atomic mass is 16.5. The summed E-state index contributed by atoms with van der Waals surface area (Å²) in [5, 5.41) is 19.4. The molecule has 0 unspecified atom stereocenters. The van der Waals surface area contributed by atoms with Gasteiger partial charge in [-0.25, -0.2) is 0 Å². The van der Waals surface area contributed by atoms with Crippen LogP contribution in [0.15, 0.2) is 24.3 Å². The zero-order valence-electron chi connectivity index (χ0n) is 12.2. The zero-order valence-corrected chi connectivity index (χ0v) is 12.2. The quantitative estimate of drug-likeness (QED) is 0.922. The van der Waals surface area contributed by atoms with E-state index in [9.17, 15) is 10.4 Å². The van der Waals surface area contributed by atoms with Gasteiger partial charge in [-0.1, -0.05) is 24.6 Å². The first-order chi connectivity index (χ1) is 10.3. The van der Waals surface area contributed by atoms with Crippen molar-refractivity contribution in [3.8, 4) is 6.07 Å². The number of rotatable bonds is 3. The third kappa shape index (κ3) is 3.11. The van der Waals surface area contributed by atoms with Crippen molar-refractivity contribution < 1.29 is 9.84 Å². The first-order valence-electron chi connectivity index (χ1n) is 7.77. The Bertz CT molecular complexity index is 526. The average molecular weight is 286 g/mol. The lowest BCUT2D eigenvalue weighted by Crippen LogP contribution is -2.50. The van der Waals surface area contributed by atoms with Gasteiger partial charge in [-0.3, -0.25) is 4.90 Å². The molecule has 0 spiro atoms. The van der Waals surface area contributed by atoms with Crippen molar-refractivity contribution >= 4 is 0 Å². The van der Waals surface area contributed by atoms with Gasteiger partial charge in [0.2, 0.25) is 0 Å². The van der Waals surface area contributed by atoms with Crippen LogP contribution in [-0.4, -0.2) is 41.9 Å². The summed E-state index contributed by atoms with van der Waals surface area (Å²) < 4.78 is 5.65. The first-order valence-corrected chi connectivity index (χ1v) is 7.77. The Morgan fingerprint density at radius 3 is 2.95 bits per heavy atom. The van der Waals surface area contributed by atoms with Crippen molar-refractivity contribution in [2.45, 2.75) is 38.0 Å². The average Bonchev–Trinajstić information content (AvgIpc) is 2.94. The van der Waals surface area contributed by atoms with Gasteiger partial charge in [0.1, 0.15) is 0 Å². The monoisotopic (exact) mass is 286 g/mol. The van der Waals surface area contributed by atoms with Crippen molar-refractivity contribution in [1.29, 1.82) is 5.26 Å². The molecule has 1 aliphatic heterocycles. The first kappa shape index (κ1) is 14.5. The molecule has 1 aliphatic carbocycles. The molecule has 3 atom stereocenters. The number of hydrogen-bond donors (Lipinski definition) is 1. The maximum Gasteiger partial charge on any atom is 0.0995 e. The molecule has 2 aliphatic rings. The van der Waals surface area contributed by atoms with Crippen LogP contribution in [-0.2, 0) is 11.3 Å². The number of benzene rings is 1. The number of aliphatic hydroxyl groups is 1. The van der Waals surface area contributed by atoms with Gasteiger partial charge in [0, 0.05) is 25.0 Å². The molecule has 0 bridgehead atoms. The fourth-order valence-electron chi connectivity index (χ4n) is 3.65. The normalized spacial score (nSPS) is 30.2. The molecule has 21 heavy (non-hydrogen) atoms. The summed E-state index contributed by atoms with van der Waals surface area (Å²) in [7, 11) is 0. The standard InChI is InChI=1S/C17H22N2O2/c18-10-13-4-1-2-5-14(13)11-19-8-9-21-12-16(19)15-6-3-7-17(15)20/h1-2,4-5,15-17,20H,3,6-9,11-12H2/t15-,16+,17+/m0/s1. The molecular formula is C17H22N2O2. The number of aliphatic hydroxyl groups excluding tert-OH is 1. The molecule has 1 saturated carbocycles. The van der Waals surface area contributed by atoms with Crippen LogP contribution in [0.1, 0.15) is 30.4 Å². The number of nitrogens with zero attached hydrogens (tertiary/aromatic N) is 2. The van der Waals surface area contributed by atoms with Gasteiger partial charge in [0.25, 0.3) is 0 Å². The number of hydrogen-bond acceptors (Lipinski definition) is 4. The molecule has 3 rings (SSSR count). The van der Waals surface area contributed by atoms with E-state index in [1.807, 2.05) is 24.3 Å². The minimum Gasteiger partial charge on any atom is -0.393 e. The van der Waals surface area contributed by atoms with Crippen LogP contribution in [0.2, 0.25) is 0 Å². The summed E-state index contributed by atoms with van der Waals surface area (Å²) in [6.45, 7) is 3.05. The summed E-state index contributed by atoms with van der Waals surface area (Å²) in [6.07, 6.45) is 2.88. The van der Waals surface area contributed by atoms with E-state index in [0.717, 1.165) is 50.1 Å². The van der Waals surface area contributed by atoms with Gasteiger partial charge in [0.05, 0.1) is 31.0 Å². The van der Waals surface area contributed by atoms with Gasteiger partial charge >= 0.3 is 0 Å². The van der Waals surface area contributed by atoms with Crippen molar-refractivity contribution in [3.05, 3.63) is 35.4 Å². The van der Waals surface area contributed by atoms with E-state index < -0.39 is 0 Å². The zero-order chi connectivity index (χ0) is 14.7. The molecule has 1 heterocycles. The number of morpholine rings is 1. The molecule has 112 valence electrons. The molecule has 4 nitrogen and oxygen atoms in total. The summed E-state index contributed by atoms with van der Waals surface area (Å²) in [6, 6.07) is 10.3. The van der Waals surface area contributed by atoms with Crippen LogP contribution >= 0.6 is 0 Å². The van der Waals surface area contributed by atoms with Crippen molar-refractivity contribution in [2.24, 2.45) is 5.92 Å². The molecular weight excluding hydrogens is 264 g/mol. The van der Waals surface area contributed by atoms with E-state index in [-0.39, 0.29) is 12.1 Å². The van der Waals surface area contributed by atoms with Crippen molar-refractivity contribution in [3.63, 3.8) is 0 Å². The molecule has 1 N–H and O–H groups in total. The van der Waals surface area contributed by atoms with Crippen molar-refractivity contribution in [2.75, 3.05) is 19.8 Å². The SMILES string of the molecule is N#Cc1ccccc1CN1CCOC[C@@H]1[C@@H]1CCC[C@H]1O. The molecule has 0 aromatic heterocycles. The van der Waals surface area contributed by atoms with E-state index in [4.69, 9.17) is 4.74 Å². The predicted molar refractivity (Wildman–Crippen MR) is 79.5 cm³/mol. The third-order valence-electron chi connectivity index (χ3n) is 4.82. The maximum absolute atomic E-state index is 10.2. The van der Waals surface area contributed by atoms with Gasteiger partial charge in [-0.15, -0.1) is 0 Å². The van der Waals surface area contributed by atoms with E-state index in [2.05, 4.69) is 11.0 Å². The second-order valence-corrected chi connectivity index (χ2v) is 6.04. The van der Waals surface area contributed by atoms with Crippen LogP contribution in [0.4, 0.5) is 0 Å². The van der Waals surface area contributed by atoms with Crippen LogP contribution < -0.4 is 0 Å². The van der Waals surface area contributed by atoms with E-state index in [1.165, 1.54) is 0 Å². The smallest absolute Gasteiger partial charge is 0.0995 e. The van der Waals surface area contributed by atoms with Gasteiger partial charge < -0.3 is 9.84 Å². The lowest BCUT2D eigenvalue weighted by molar-refractivity contribution is -0.0536. The minimum atomic E-state index is -0.203. The molecule has 1 aromatic carbocycles. The fraction of sp³-hybridized carbons (Fsp3) is 0.588. The Balaban J connectivity index is 1.77. The van der Waals surface area contributed by atoms with Gasteiger partial charge in [-0.2, -0.15) is 5.26 Å². The van der Waals surface area contributed by atoms with Gasteiger partial charge in [-0.05, 0) is 24.5 Å². The lowest BCUT2D eigenvalue weighted by atomic mass is 9.93. The van der Waals surface area contributed by atoms with Crippen LogP contribution in [0.25, 0.3) is 0 Å². The summed E-state index contributed by atoms with van der Waals surface area (Å²) in [5.41, 5.74) is 1.81. The fourth-order valence-corrected chi connectivity index (χ4v) is 3.65. The second-order valence-electron chi connectivity index (χ2n) is 6.04.